The van der Waals surface area contributed by atoms with Crippen LogP contribution in [0.4, 0.5) is 11.4 Å². The summed E-state index contributed by atoms with van der Waals surface area (Å²) in [6.07, 6.45) is 4.53. The third-order valence-corrected chi connectivity index (χ3v) is 6.27. The van der Waals surface area contributed by atoms with Crippen LogP contribution in [0.25, 0.3) is 0 Å². The second kappa shape index (κ2) is 8.76. The predicted octanol–water partition coefficient (Wildman–Crippen LogP) is 2.74. The number of nitrogens with zero attached hydrogens (tertiary/aromatic N) is 2. The molecular formula is C25H28N2O5. The maximum Gasteiger partial charge on any atom is 0.264 e. The van der Waals surface area contributed by atoms with Gasteiger partial charge in [-0.15, -0.1) is 0 Å². The van der Waals surface area contributed by atoms with Crippen molar-refractivity contribution in [3.05, 3.63) is 65.7 Å². The lowest BCUT2D eigenvalue weighted by Crippen LogP contribution is -2.44. The van der Waals surface area contributed by atoms with Gasteiger partial charge < -0.3 is 24.7 Å². The molecule has 32 heavy (non-hydrogen) atoms. The third-order valence-electron chi connectivity index (χ3n) is 6.27. The summed E-state index contributed by atoms with van der Waals surface area (Å²) in [5.74, 6) is -0.272. The van der Waals surface area contributed by atoms with E-state index in [1.165, 1.54) is 0 Å². The van der Waals surface area contributed by atoms with E-state index in [9.17, 15) is 14.7 Å². The number of hydrogen-bond donors (Lipinski definition) is 2. The van der Waals surface area contributed by atoms with E-state index in [1.807, 2.05) is 24.3 Å². The predicted molar refractivity (Wildman–Crippen MR) is 121 cm³/mol. The van der Waals surface area contributed by atoms with Crippen molar-refractivity contribution in [3.8, 4) is 5.75 Å². The number of hydrogen-bond acceptors (Lipinski definition) is 5. The summed E-state index contributed by atoms with van der Waals surface area (Å²) in [7, 11) is 1.54. The number of ether oxygens (including phenoxy) is 1. The summed E-state index contributed by atoms with van der Waals surface area (Å²) in [5.41, 5.74) is 1.06. The summed E-state index contributed by atoms with van der Waals surface area (Å²) in [5, 5.41) is 20.7. The number of carbonyl (C=O) groups is 2. The maximum absolute atomic E-state index is 13.6. The number of rotatable bonds is 8. The van der Waals surface area contributed by atoms with Gasteiger partial charge in [0.1, 0.15) is 5.75 Å². The Bertz CT molecular complexity index is 1070. The largest absolute Gasteiger partial charge is 0.497 e. The summed E-state index contributed by atoms with van der Waals surface area (Å²) in [6, 6.07) is 12.8. The quantitative estimate of drug-likeness (QED) is 0.491. The van der Waals surface area contributed by atoms with Gasteiger partial charge in [0.2, 0.25) is 5.91 Å². The first kappa shape index (κ1) is 22.0. The van der Waals surface area contributed by atoms with Crippen LogP contribution < -0.4 is 14.5 Å². The molecule has 0 spiro atoms. The topological polar surface area (TPSA) is 90.3 Å². The highest BCUT2D eigenvalue weighted by atomic mass is 16.5. The van der Waals surface area contributed by atoms with Gasteiger partial charge in [-0.1, -0.05) is 31.2 Å². The molecule has 2 aromatic carbocycles. The monoisotopic (exact) mass is 436 g/mol. The summed E-state index contributed by atoms with van der Waals surface area (Å²) < 4.78 is 5.34. The standard InChI is InChI=1S/C25H28N2O5/c1-17(6-3-4-13-28)25(31)21-15-20(32-2)9-10-22(21)27(24(25)30)16-18-7-5-8-19(14-18)26-12-11-23(26)29/h3,5-10,14-15,17,28,31H,4,11-13,16H2,1-2H3/b6-3+/t17-,25+/m1/s1. The lowest BCUT2D eigenvalue weighted by Gasteiger charge is -2.31. The van der Waals surface area contributed by atoms with Gasteiger partial charge in [0, 0.05) is 36.7 Å². The van der Waals surface area contributed by atoms with Crippen molar-refractivity contribution in [1.82, 2.24) is 0 Å². The van der Waals surface area contributed by atoms with Crippen LogP contribution in [-0.4, -0.2) is 42.3 Å². The van der Waals surface area contributed by atoms with Crippen LogP contribution in [0.5, 0.6) is 5.75 Å². The molecule has 0 bridgehead atoms. The Morgan fingerprint density at radius 2 is 2.03 bits per heavy atom. The zero-order chi connectivity index (χ0) is 22.9. The molecule has 2 amide bonds. The highest BCUT2D eigenvalue weighted by Crippen LogP contribution is 2.47. The molecule has 2 atom stereocenters. The average Bonchev–Trinajstić information content (AvgIpc) is 3.00. The van der Waals surface area contributed by atoms with E-state index in [4.69, 9.17) is 9.84 Å². The molecule has 2 aliphatic heterocycles. The second-order valence-electron chi connectivity index (χ2n) is 8.24. The van der Waals surface area contributed by atoms with E-state index < -0.39 is 17.4 Å². The Morgan fingerprint density at radius 3 is 2.69 bits per heavy atom. The molecule has 1 fully saturated rings. The fraction of sp³-hybridized carbons (Fsp3) is 0.360. The van der Waals surface area contributed by atoms with Gasteiger partial charge in [0.15, 0.2) is 5.60 Å². The summed E-state index contributed by atoms with van der Waals surface area (Å²) in [4.78, 5) is 28.7. The minimum Gasteiger partial charge on any atom is -0.497 e. The van der Waals surface area contributed by atoms with Crippen LogP contribution in [0, 0.1) is 5.92 Å². The number of benzene rings is 2. The van der Waals surface area contributed by atoms with Gasteiger partial charge >= 0.3 is 0 Å². The molecule has 7 heteroatoms. The Hall–Kier alpha value is -3.16. The summed E-state index contributed by atoms with van der Waals surface area (Å²) >= 11 is 0. The van der Waals surface area contributed by atoms with E-state index >= 15 is 0 Å². The van der Waals surface area contributed by atoms with Gasteiger partial charge in [-0.05, 0) is 42.3 Å². The van der Waals surface area contributed by atoms with Gasteiger partial charge in [0.05, 0.1) is 19.3 Å². The zero-order valence-corrected chi connectivity index (χ0v) is 18.3. The van der Waals surface area contributed by atoms with Crippen molar-refractivity contribution in [2.75, 3.05) is 30.1 Å². The van der Waals surface area contributed by atoms with Crippen LogP contribution in [0.1, 0.15) is 30.9 Å². The number of β-lactam (4-membered cyclic amide) rings is 1. The molecule has 0 aromatic heterocycles. The first-order valence-corrected chi connectivity index (χ1v) is 10.8. The molecule has 0 unspecified atom stereocenters. The Labute approximate surface area is 187 Å². The van der Waals surface area contributed by atoms with Crippen molar-refractivity contribution >= 4 is 23.2 Å². The number of anilines is 2. The zero-order valence-electron chi connectivity index (χ0n) is 18.3. The van der Waals surface area contributed by atoms with Crippen molar-refractivity contribution in [1.29, 1.82) is 0 Å². The van der Waals surface area contributed by atoms with E-state index in [1.54, 1.807) is 54.2 Å². The number of amides is 2. The molecule has 0 saturated carbocycles. The Morgan fingerprint density at radius 1 is 1.22 bits per heavy atom. The highest BCUT2D eigenvalue weighted by Gasteiger charge is 2.52. The lowest BCUT2D eigenvalue weighted by atomic mass is 9.83. The minimum absolute atomic E-state index is 0.00198. The SMILES string of the molecule is COc1ccc2c(c1)[C@@](O)([C@H](C)/C=C/CCO)C(=O)N2Cc1cccc(N2CCC2=O)c1. The number of aliphatic hydroxyl groups is 2. The fourth-order valence-corrected chi connectivity index (χ4v) is 4.32. The van der Waals surface area contributed by atoms with Crippen molar-refractivity contribution in [2.45, 2.75) is 31.9 Å². The molecule has 4 rings (SSSR count). The Kier molecular flexibility index (Phi) is 6.04. The Balaban J connectivity index is 1.69. The van der Waals surface area contributed by atoms with Crippen LogP contribution in [0.2, 0.25) is 0 Å². The molecule has 0 radical (unpaired) electrons. The molecule has 2 N–H and O–H groups in total. The molecular weight excluding hydrogens is 408 g/mol. The van der Waals surface area contributed by atoms with E-state index in [0.717, 1.165) is 11.3 Å². The van der Waals surface area contributed by atoms with E-state index in [0.29, 0.717) is 36.4 Å². The molecule has 168 valence electrons. The molecule has 2 heterocycles. The van der Waals surface area contributed by atoms with Crippen molar-refractivity contribution in [2.24, 2.45) is 5.92 Å². The summed E-state index contributed by atoms with van der Waals surface area (Å²) in [6.45, 7) is 2.76. The average molecular weight is 437 g/mol. The van der Waals surface area contributed by atoms with Gasteiger partial charge in [-0.25, -0.2) is 0 Å². The number of aliphatic hydroxyl groups excluding tert-OH is 1. The minimum atomic E-state index is -1.75. The molecule has 2 aromatic rings. The molecule has 0 aliphatic carbocycles. The third kappa shape index (κ3) is 3.67. The number of carbonyl (C=O) groups excluding carboxylic acids is 2. The number of fused-ring (bicyclic) bond motifs is 1. The maximum atomic E-state index is 13.6. The van der Waals surface area contributed by atoms with Crippen LogP contribution in [-0.2, 0) is 21.7 Å². The van der Waals surface area contributed by atoms with Crippen LogP contribution >= 0.6 is 0 Å². The smallest absolute Gasteiger partial charge is 0.264 e. The molecule has 7 nitrogen and oxygen atoms in total. The first-order chi connectivity index (χ1) is 15.4. The van der Waals surface area contributed by atoms with Gasteiger partial charge in [-0.2, -0.15) is 0 Å². The first-order valence-electron chi connectivity index (χ1n) is 10.8. The normalized spacial score (nSPS) is 21.1. The van der Waals surface area contributed by atoms with E-state index in [2.05, 4.69) is 0 Å². The van der Waals surface area contributed by atoms with Crippen LogP contribution in [0.15, 0.2) is 54.6 Å². The number of methoxy groups -OCH3 is 1. The van der Waals surface area contributed by atoms with E-state index in [-0.39, 0.29) is 19.1 Å². The van der Waals surface area contributed by atoms with Gasteiger partial charge in [0.25, 0.3) is 5.91 Å². The van der Waals surface area contributed by atoms with Crippen molar-refractivity contribution < 1.29 is 24.5 Å². The van der Waals surface area contributed by atoms with Gasteiger partial charge in [-0.3, -0.25) is 9.59 Å². The van der Waals surface area contributed by atoms with Crippen molar-refractivity contribution in [3.63, 3.8) is 0 Å². The highest BCUT2D eigenvalue weighted by molar-refractivity contribution is 6.07. The molecule has 2 aliphatic rings. The molecule has 1 saturated heterocycles. The van der Waals surface area contributed by atoms with Crippen LogP contribution in [0.3, 0.4) is 0 Å². The second-order valence-corrected chi connectivity index (χ2v) is 8.24. The lowest BCUT2D eigenvalue weighted by molar-refractivity contribution is -0.139. The fourth-order valence-electron chi connectivity index (χ4n) is 4.32.